The Morgan fingerprint density at radius 1 is 0.425 bits per heavy atom. The fourth-order valence-corrected chi connectivity index (χ4v) is 5.15. The van der Waals surface area contributed by atoms with E-state index in [1.54, 1.807) is 0 Å². The van der Waals surface area contributed by atoms with Crippen LogP contribution in [0.25, 0.3) is 0 Å². The van der Waals surface area contributed by atoms with Crippen molar-refractivity contribution >= 4 is 0 Å². The molecule has 0 fully saturated rings. The summed E-state index contributed by atoms with van der Waals surface area (Å²) in [5.74, 6) is 0. The van der Waals surface area contributed by atoms with E-state index >= 15 is 0 Å². The van der Waals surface area contributed by atoms with Crippen molar-refractivity contribution in [3.05, 3.63) is 30.6 Å². The molecule has 0 aliphatic heterocycles. The van der Waals surface area contributed by atoms with E-state index in [4.69, 9.17) is 0 Å². The van der Waals surface area contributed by atoms with Crippen LogP contribution in [0.15, 0.2) is 30.6 Å². The first-order valence-corrected chi connectivity index (χ1v) is 17.2. The largest absolute Gasteiger partial charge is 1.00 e. The highest BCUT2D eigenvalue weighted by Gasteiger charge is 2.05. The van der Waals surface area contributed by atoms with Gasteiger partial charge in [0.15, 0.2) is 12.4 Å². The lowest BCUT2D eigenvalue weighted by Gasteiger charge is -2.23. The number of quaternary nitrogens is 1. The molecule has 0 N–H and O–H groups in total. The summed E-state index contributed by atoms with van der Waals surface area (Å²) in [4.78, 5) is 0. The van der Waals surface area contributed by atoms with E-state index in [1.807, 2.05) is 0 Å². The first kappa shape index (κ1) is 44.3. The molecule has 0 unspecified atom stereocenters. The molecule has 1 heterocycles. The lowest BCUT2D eigenvalue weighted by molar-refractivity contribution is -0.870. The van der Waals surface area contributed by atoms with Gasteiger partial charge in [-0.2, -0.15) is 0 Å². The summed E-state index contributed by atoms with van der Waals surface area (Å²) in [6.45, 7) is 7.09. The van der Waals surface area contributed by atoms with Crippen molar-refractivity contribution < 1.29 is 38.4 Å². The molecule has 0 spiro atoms. The highest BCUT2D eigenvalue weighted by molar-refractivity contribution is 4.83. The lowest BCUT2D eigenvalue weighted by Crippen LogP contribution is -3.00. The molecule has 1 aromatic heterocycles. The number of hydrogen-bond acceptors (Lipinski definition) is 0. The molecule has 240 valence electrons. The van der Waals surface area contributed by atoms with Crippen molar-refractivity contribution in [1.82, 2.24) is 0 Å². The number of nitrogens with zero attached hydrogens (tertiary/aromatic N) is 2. The zero-order valence-corrected chi connectivity index (χ0v) is 30.3. The number of aryl methyl sites for hydroxylation is 1. The monoisotopic (exact) mass is 646 g/mol. The molecule has 1 rings (SSSR count). The Bertz CT molecular complexity index is 562. The summed E-state index contributed by atoms with van der Waals surface area (Å²) in [5.41, 5.74) is 0. The van der Waals surface area contributed by atoms with Crippen LogP contribution in [0, 0.1) is 0 Å². The lowest BCUT2D eigenvalue weighted by atomic mass is 10.0. The molecule has 0 bridgehead atoms. The zero-order chi connectivity index (χ0) is 28.0. The van der Waals surface area contributed by atoms with Gasteiger partial charge in [-0.25, -0.2) is 4.57 Å². The summed E-state index contributed by atoms with van der Waals surface area (Å²) < 4.78 is 3.41. The predicted molar refractivity (Wildman–Crippen MR) is 172 cm³/mol. The topological polar surface area (TPSA) is 3.88 Å². The Labute approximate surface area is 270 Å². The summed E-state index contributed by atoms with van der Waals surface area (Å²) in [6.07, 6.45) is 38.8. The van der Waals surface area contributed by atoms with Crippen LogP contribution >= 0.6 is 0 Å². The molecular weight excluding hydrogens is 576 g/mol. The van der Waals surface area contributed by atoms with Gasteiger partial charge in [0.25, 0.3) is 0 Å². The van der Waals surface area contributed by atoms with E-state index in [1.165, 1.54) is 167 Å². The maximum absolute atomic E-state index is 2.29. The molecule has 0 atom stereocenters. The second-order valence-electron chi connectivity index (χ2n) is 12.9. The van der Waals surface area contributed by atoms with E-state index < -0.39 is 0 Å². The third-order valence-corrected chi connectivity index (χ3v) is 7.73. The van der Waals surface area contributed by atoms with Crippen molar-refractivity contribution in [3.8, 4) is 0 Å². The Morgan fingerprint density at radius 2 is 0.725 bits per heavy atom. The van der Waals surface area contributed by atoms with Crippen LogP contribution in [0.2, 0.25) is 0 Å². The van der Waals surface area contributed by atoms with Gasteiger partial charge >= 0.3 is 0 Å². The number of unbranched alkanes of at least 4 members (excludes halogenated alkanes) is 22. The average molecular weight is 648 g/mol. The van der Waals surface area contributed by atoms with Crippen LogP contribution in [0.5, 0.6) is 0 Å². The van der Waals surface area contributed by atoms with Gasteiger partial charge in [-0.15, -0.1) is 0 Å². The van der Waals surface area contributed by atoms with E-state index in [-0.39, 0.29) is 29.4 Å². The van der Waals surface area contributed by atoms with Crippen LogP contribution in [0.3, 0.4) is 0 Å². The van der Waals surface area contributed by atoms with Gasteiger partial charge in [-0.1, -0.05) is 148 Å². The summed E-state index contributed by atoms with van der Waals surface area (Å²) in [7, 11) is 6.86. The number of halogens is 2. The second-order valence-corrected chi connectivity index (χ2v) is 12.9. The molecule has 0 amide bonds. The SMILES string of the molecule is CCCCCCCCCCCCCCCC[n+]1ccccc1.CCCCCCCCCCCC[N+](C)(C)C.[Br-].[Cl-]. The van der Waals surface area contributed by atoms with Gasteiger partial charge in [-0.3, -0.25) is 0 Å². The zero-order valence-electron chi connectivity index (χ0n) is 27.9. The molecule has 2 nitrogen and oxygen atoms in total. The highest BCUT2D eigenvalue weighted by atomic mass is 79.9. The normalized spacial score (nSPS) is 10.8. The molecule has 0 aromatic carbocycles. The van der Waals surface area contributed by atoms with Gasteiger partial charge in [-0.05, 0) is 19.3 Å². The standard InChI is InChI=1S/C21H38N.C15H34N.BrH.ClH/c1-2-3-4-5-6-7-8-9-10-11-12-13-14-16-19-22-20-17-15-18-21-22;1-5-6-7-8-9-10-11-12-13-14-15-16(2,3)4;;/h15,17-18,20-21H,2-14,16,19H2,1H3;5-15H2,1-4H3;2*1H/q2*+1;;/p-2. The Hall–Kier alpha value is -0.120. The molecule has 0 saturated heterocycles. The minimum atomic E-state index is 0. The van der Waals surface area contributed by atoms with Gasteiger partial charge in [0.2, 0.25) is 0 Å². The Kier molecular flexibility index (Phi) is 38.9. The number of pyridine rings is 1. The van der Waals surface area contributed by atoms with E-state index in [2.05, 4.69) is 70.2 Å². The summed E-state index contributed by atoms with van der Waals surface area (Å²) in [5, 5.41) is 0. The minimum Gasteiger partial charge on any atom is -1.00 e. The molecule has 0 aliphatic rings. The quantitative estimate of drug-likeness (QED) is 0.0751. The third kappa shape index (κ3) is 37.9. The van der Waals surface area contributed by atoms with E-state index in [0.29, 0.717) is 0 Å². The number of aromatic nitrogens is 1. The first-order valence-electron chi connectivity index (χ1n) is 17.2. The molecular formula is C36H72BrClN2. The molecule has 4 heteroatoms. The maximum atomic E-state index is 2.29. The fraction of sp³-hybridized carbons (Fsp3) is 0.861. The molecule has 1 aromatic rings. The highest BCUT2D eigenvalue weighted by Crippen LogP contribution is 2.13. The van der Waals surface area contributed by atoms with Crippen LogP contribution in [-0.2, 0) is 6.54 Å². The van der Waals surface area contributed by atoms with Crippen LogP contribution in [-0.4, -0.2) is 32.2 Å². The predicted octanol–water partition coefficient (Wildman–Crippen LogP) is 5.08. The Balaban J connectivity index is -0.000000683. The summed E-state index contributed by atoms with van der Waals surface area (Å²) >= 11 is 0. The van der Waals surface area contributed by atoms with Gasteiger partial charge in [0, 0.05) is 18.6 Å². The van der Waals surface area contributed by atoms with Gasteiger partial charge < -0.3 is 33.9 Å². The fourth-order valence-electron chi connectivity index (χ4n) is 5.15. The average Bonchev–Trinajstić information content (AvgIpc) is 2.90. The van der Waals surface area contributed by atoms with Crippen molar-refractivity contribution in [2.24, 2.45) is 0 Å². The summed E-state index contributed by atoms with van der Waals surface area (Å²) in [6, 6.07) is 6.31. The second kappa shape index (κ2) is 35.1. The van der Waals surface area contributed by atoms with E-state index in [0.717, 1.165) is 4.48 Å². The maximum Gasteiger partial charge on any atom is 0.168 e. The third-order valence-electron chi connectivity index (χ3n) is 7.73. The van der Waals surface area contributed by atoms with Crippen LogP contribution < -0.4 is 34.0 Å². The molecule has 40 heavy (non-hydrogen) atoms. The molecule has 0 saturated carbocycles. The Morgan fingerprint density at radius 3 is 1.05 bits per heavy atom. The molecule has 0 radical (unpaired) electrons. The van der Waals surface area contributed by atoms with Gasteiger partial charge in [0.1, 0.15) is 6.54 Å². The van der Waals surface area contributed by atoms with Crippen LogP contribution in [0.1, 0.15) is 168 Å². The van der Waals surface area contributed by atoms with E-state index in [9.17, 15) is 0 Å². The van der Waals surface area contributed by atoms with Crippen molar-refractivity contribution in [3.63, 3.8) is 0 Å². The van der Waals surface area contributed by atoms with Crippen molar-refractivity contribution in [2.75, 3.05) is 27.7 Å². The first-order chi connectivity index (χ1) is 18.5. The van der Waals surface area contributed by atoms with Crippen LogP contribution in [0.4, 0.5) is 0 Å². The van der Waals surface area contributed by atoms with Crippen molar-refractivity contribution in [1.29, 1.82) is 0 Å². The van der Waals surface area contributed by atoms with Gasteiger partial charge in [0.05, 0.1) is 27.7 Å². The molecule has 0 aliphatic carbocycles. The number of rotatable bonds is 26. The van der Waals surface area contributed by atoms with Crippen molar-refractivity contribution in [2.45, 2.75) is 174 Å². The minimum absolute atomic E-state index is 0. The smallest absolute Gasteiger partial charge is 0.168 e. The number of hydrogen-bond donors (Lipinski definition) is 0.